The highest BCUT2D eigenvalue weighted by Crippen LogP contribution is 2.25. The van der Waals surface area contributed by atoms with Gasteiger partial charge >= 0.3 is 0 Å². The maximum absolute atomic E-state index is 9.19. The van der Waals surface area contributed by atoms with Crippen LogP contribution in [0, 0.1) is 11.3 Å². The number of hydrogen-bond acceptors (Lipinski definition) is 4. The zero-order valence-electron chi connectivity index (χ0n) is 13.9. The summed E-state index contributed by atoms with van der Waals surface area (Å²) in [5.74, 6) is 0. The molecule has 1 atom stereocenters. The molecule has 0 amide bonds. The van der Waals surface area contributed by atoms with E-state index in [1.807, 2.05) is 6.07 Å². The molecular weight excluding hydrogens is 296 g/mol. The van der Waals surface area contributed by atoms with E-state index in [2.05, 4.69) is 70.1 Å². The first kappa shape index (κ1) is 16.5. The molecule has 2 aromatic rings. The summed E-state index contributed by atoms with van der Waals surface area (Å²) < 4.78 is 0. The average Bonchev–Trinajstić information content (AvgIpc) is 2.66. The molecule has 1 aliphatic heterocycles. The summed E-state index contributed by atoms with van der Waals surface area (Å²) in [6.07, 6.45) is 0.538. The zero-order chi connectivity index (χ0) is 16.6. The molecule has 4 heteroatoms. The number of hydrogen-bond donors (Lipinski definition) is 2. The largest absolute Gasteiger partial charge is 0.381 e. The van der Waals surface area contributed by atoms with Gasteiger partial charge in [-0.2, -0.15) is 5.26 Å². The Morgan fingerprint density at radius 1 is 1.04 bits per heavy atom. The average molecular weight is 320 g/mol. The minimum Gasteiger partial charge on any atom is -0.381 e. The van der Waals surface area contributed by atoms with Gasteiger partial charge in [-0.25, -0.2) is 0 Å². The van der Waals surface area contributed by atoms with E-state index in [0.717, 1.165) is 38.4 Å². The van der Waals surface area contributed by atoms with Crippen LogP contribution in [0.2, 0.25) is 0 Å². The third kappa shape index (κ3) is 4.35. The van der Waals surface area contributed by atoms with Crippen LogP contribution in [0.25, 0.3) is 0 Å². The Labute approximate surface area is 144 Å². The van der Waals surface area contributed by atoms with Gasteiger partial charge < -0.3 is 10.6 Å². The quantitative estimate of drug-likeness (QED) is 0.858. The number of rotatable bonds is 6. The van der Waals surface area contributed by atoms with Crippen molar-refractivity contribution < 1.29 is 0 Å². The van der Waals surface area contributed by atoms with Crippen LogP contribution in [0.1, 0.15) is 23.6 Å². The summed E-state index contributed by atoms with van der Waals surface area (Å²) >= 11 is 0. The van der Waals surface area contributed by atoms with Crippen molar-refractivity contribution in [1.29, 1.82) is 5.26 Å². The van der Waals surface area contributed by atoms with Crippen molar-refractivity contribution in [3.8, 4) is 6.07 Å². The summed E-state index contributed by atoms with van der Waals surface area (Å²) in [6.45, 7) is 4.82. The maximum atomic E-state index is 9.19. The maximum Gasteiger partial charge on any atom is 0.0641 e. The van der Waals surface area contributed by atoms with E-state index in [1.54, 1.807) is 0 Å². The van der Waals surface area contributed by atoms with Crippen molar-refractivity contribution in [1.82, 2.24) is 10.2 Å². The van der Waals surface area contributed by atoms with E-state index in [-0.39, 0.29) is 6.04 Å². The van der Waals surface area contributed by atoms with Gasteiger partial charge in [-0.15, -0.1) is 0 Å². The Morgan fingerprint density at radius 2 is 1.75 bits per heavy atom. The number of anilines is 1. The summed E-state index contributed by atoms with van der Waals surface area (Å²) in [7, 11) is 0. The van der Waals surface area contributed by atoms with Gasteiger partial charge in [-0.1, -0.05) is 42.5 Å². The molecule has 4 nitrogen and oxygen atoms in total. The van der Waals surface area contributed by atoms with Gasteiger partial charge in [0.25, 0.3) is 0 Å². The molecule has 2 aromatic carbocycles. The Kier molecular flexibility index (Phi) is 5.84. The monoisotopic (exact) mass is 320 g/mol. The number of piperazine rings is 1. The number of nitrogens with one attached hydrogen (secondary N) is 2. The minimum absolute atomic E-state index is 0.195. The molecule has 0 saturated carbocycles. The summed E-state index contributed by atoms with van der Waals surface area (Å²) in [4.78, 5) is 2.41. The normalized spacial score (nSPS) is 16.3. The number of benzene rings is 2. The molecule has 0 aliphatic carbocycles. The molecule has 124 valence electrons. The molecular formula is C20H24N4. The molecule has 24 heavy (non-hydrogen) atoms. The summed E-state index contributed by atoms with van der Waals surface area (Å²) in [5.41, 5.74) is 3.60. The van der Waals surface area contributed by atoms with Crippen LogP contribution in [0.4, 0.5) is 5.69 Å². The zero-order valence-corrected chi connectivity index (χ0v) is 13.9. The molecule has 0 radical (unpaired) electrons. The van der Waals surface area contributed by atoms with Crippen LogP contribution in [-0.2, 0) is 6.54 Å². The number of nitrogens with zero attached hydrogens (tertiary/aromatic N) is 2. The molecule has 2 N–H and O–H groups in total. The minimum atomic E-state index is 0.195. The molecule has 0 bridgehead atoms. The summed E-state index contributed by atoms with van der Waals surface area (Å²) in [6, 6.07) is 21.5. The van der Waals surface area contributed by atoms with Crippen molar-refractivity contribution in [2.75, 3.05) is 31.5 Å². The second-order valence-electron chi connectivity index (χ2n) is 6.13. The lowest BCUT2D eigenvalue weighted by Crippen LogP contribution is -2.45. The van der Waals surface area contributed by atoms with E-state index in [4.69, 9.17) is 0 Å². The highest BCUT2D eigenvalue weighted by Gasteiger charge is 2.21. The van der Waals surface area contributed by atoms with Crippen LogP contribution in [0.15, 0.2) is 54.6 Å². The summed E-state index contributed by atoms with van der Waals surface area (Å²) in [5, 5.41) is 16.0. The van der Waals surface area contributed by atoms with Gasteiger partial charge in [0.15, 0.2) is 0 Å². The SMILES string of the molecule is N#CC[C@@H](c1ccc(NCc2ccccc2)cc1)N1CCNCC1. The third-order valence-electron chi connectivity index (χ3n) is 4.51. The second-order valence-corrected chi connectivity index (χ2v) is 6.13. The molecule has 0 unspecified atom stereocenters. The predicted octanol–water partition coefficient (Wildman–Crippen LogP) is 3.16. The fraction of sp³-hybridized carbons (Fsp3) is 0.350. The molecule has 0 aromatic heterocycles. The lowest BCUT2D eigenvalue weighted by molar-refractivity contribution is 0.175. The van der Waals surface area contributed by atoms with Crippen LogP contribution in [-0.4, -0.2) is 31.1 Å². The van der Waals surface area contributed by atoms with Crippen LogP contribution >= 0.6 is 0 Å². The van der Waals surface area contributed by atoms with E-state index in [1.165, 1.54) is 11.1 Å². The molecule has 1 saturated heterocycles. The van der Waals surface area contributed by atoms with Crippen LogP contribution in [0.3, 0.4) is 0 Å². The van der Waals surface area contributed by atoms with Crippen LogP contribution < -0.4 is 10.6 Å². The second kappa shape index (κ2) is 8.49. The fourth-order valence-electron chi connectivity index (χ4n) is 3.16. The molecule has 0 spiro atoms. The standard InChI is InChI=1S/C20H24N4/c21-11-10-20(24-14-12-22-13-15-24)18-6-8-19(9-7-18)23-16-17-4-2-1-3-5-17/h1-9,20,22-23H,10,12-16H2/t20-/m0/s1. The molecule has 1 fully saturated rings. The topological polar surface area (TPSA) is 51.1 Å². The lowest BCUT2D eigenvalue weighted by atomic mass is 10.0. The fourth-order valence-corrected chi connectivity index (χ4v) is 3.16. The highest BCUT2D eigenvalue weighted by atomic mass is 15.2. The van der Waals surface area contributed by atoms with Gasteiger partial charge in [0.05, 0.1) is 12.5 Å². The lowest BCUT2D eigenvalue weighted by Gasteiger charge is -2.34. The van der Waals surface area contributed by atoms with Crippen molar-refractivity contribution in [2.24, 2.45) is 0 Å². The first-order valence-corrected chi connectivity index (χ1v) is 8.56. The number of nitriles is 1. The highest BCUT2D eigenvalue weighted by molar-refractivity contribution is 5.45. The van der Waals surface area contributed by atoms with Crippen molar-refractivity contribution in [3.63, 3.8) is 0 Å². The van der Waals surface area contributed by atoms with Crippen molar-refractivity contribution in [3.05, 3.63) is 65.7 Å². The molecule has 1 aliphatic rings. The Bertz CT molecular complexity index is 654. The van der Waals surface area contributed by atoms with Gasteiger partial charge in [-0.05, 0) is 23.3 Å². The predicted molar refractivity (Wildman–Crippen MR) is 97.6 cm³/mol. The smallest absolute Gasteiger partial charge is 0.0641 e. The van der Waals surface area contributed by atoms with Crippen LogP contribution in [0.5, 0.6) is 0 Å². The molecule has 1 heterocycles. The van der Waals surface area contributed by atoms with E-state index < -0.39 is 0 Å². The first-order valence-electron chi connectivity index (χ1n) is 8.56. The molecule has 3 rings (SSSR count). The van der Waals surface area contributed by atoms with Crippen molar-refractivity contribution >= 4 is 5.69 Å². The Hall–Kier alpha value is -2.35. The van der Waals surface area contributed by atoms with E-state index >= 15 is 0 Å². The van der Waals surface area contributed by atoms with Gasteiger partial charge in [0.1, 0.15) is 0 Å². The third-order valence-corrected chi connectivity index (χ3v) is 4.51. The van der Waals surface area contributed by atoms with Crippen molar-refractivity contribution in [2.45, 2.75) is 19.0 Å². The first-order chi connectivity index (χ1) is 11.9. The Morgan fingerprint density at radius 3 is 2.42 bits per heavy atom. The van der Waals surface area contributed by atoms with Gasteiger partial charge in [-0.3, -0.25) is 4.90 Å². The van der Waals surface area contributed by atoms with E-state index in [0.29, 0.717) is 6.42 Å². The Balaban J connectivity index is 1.64. The van der Waals surface area contributed by atoms with Gasteiger partial charge in [0, 0.05) is 44.5 Å². The van der Waals surface area contributed by atoms with E-state index in [9.17, 15) is 5.26 Å². The van der Waals surface area contributed by atoms with Gasteiger partial charge in [0.2, 0.25) is 0 Å².